The molecule has 0 aliphatic rings. The first-order valence-electron chi connectivity index (χ1n) is 8.53. The average molecular weight is 457 g/mol. The van der Waals surface area contributed by atoms with E-state index in [0.717, 1.165) is 10.8 Å². The fourth-order valence-corrected chi connectivity index (χ4v) is 3.31. The lowest BCUT2D eigenvalue weighted by atomic mass is 10.0. The summed E-state index contributed by atoms with van der Waals surface area (Å²) >= 11 is 3.33. The number of benzene rings is 3. The lowest BCUT2D eigenvalue weighted by molar-refractivity contribution is -0.139. The van der Waals surface area contributed by atoms with Crippen LogP contribution in [0, 0.1) is 0 Å². The van der Waals surface area contributed by atoms with Crippen LogP contribution in [0.1, 0.15) is 15.9 Å². The number of nitrogens with zero attached hydrogens (tertiary/aromatic N) is 1. The summed E-state index contributed by atoms with van der Waals surface area (Å²) < 4.78 is 11.0. The van der Waals surface area contributed by atoms with Crippen molar-refractivity contribution in [3.8, 4) is 11.5 Å². The minimum atomic E-state index is -1.10. The molecule has 0 aromatic heterocycles. The Balaban J connectivity index is 1.76. The van der Waals surface area contributed by atoms with E-state index in [-0.39, 0.29) is 11.7 Å². The molecule has 0 bridgehead atoms. The number of methoxy groups -OCH3 is 1. The Hall–Kier alpha value is -3.39. The maximum Gasteiger partial charge on any atom is 0.341 e. The molecule has 0 heterocycles. The van der Waals surface area contributed by atoms with Crippen LogP contribution in [0.5, 0.6) is 11.5 Å². The van der Waals surface area contributed by atoms with E-state index in [0.29, 0.717) is 21.3 Å². The normalized spacial score (nSPS) is 10.8. The zero-order chi connectivity index (χ0) is 20.8. The summed E-state index contributed by atoms with van der Waals surface area (Å²) in [6, 6.07) is 16.4. The molecule has 2 N–H and O–H groups in total. The standard InChI is InChI=1S/C21H17BrN2O5/c1-28-18-10-13(9-17(22)20(18)29-12-19(25)26)11-23-24-21(27)16-8-4-6-14-5-2-3-7-15(14)16/h2-11H,12H2,1H3,(H,24,27)(H,25,26)/b23-11-. The Morgan fingerprint density at radius 2 is 1.93 bits per heavy atom. The molecule has 0 saturated heterocycles. The highest BCUT2D eigenvalue weighted by atomic mass is 79.9. The third-order valence-corrected chi connectivity index (χ3v) is 4.59. The van der Waals surface area contributed by atoms with Gasteiger partial charge in [-0.3, -0.25) is 4.79 Å². The third-order valence-electron chi connectivity index (χ3n) is 4.01. The number of hydrogen-bond donors (Lipinski definition) is 2. The number of ether oxygens (including phenoxy) is 2. The van der Waals surface area contributed by atoms with Crippen LogP contribution in [0.3, 0.4) is 0 Å². The van der Waals surface area contributed by atoms with Crippen LogP contribution in [0.25, 0.3) is 10.8 Å². The van der Waals surface area contributed by atoms with Crippen LogP contribution in [0.15, 0.2) is 64.2 Å². The monoisotopic (exact) mass is 456 g/mol. The highest BCUT2D eigenvalue weighted by Crippen LogP contribution is 2.36. The van der Waals surface area contributed by atoms with Gasteiger partial charge in [0.25, 0.3) is 5.91 Å². The van der Waals surface area contributed by atoms with Crippen molar-refractivity contribution in [1.29, 1.82) is 0 Å². The summed E-state index contributed by atoms with van der Waals surface area (Å²) in [6.45, 7) is -0.497. The number of carboxylic acid groups (broad SMARTS) is 1. The quantitative estimate of drug-likeness (QED) is 0.415. The van der Waals surface area contributed by atoms with Crippen LogP contribution in [0.4, 0.5) is 0 Å². The molecule has 0 atom stereocenters. The molecule has 3 aromatic rings. The van der Waals surface area contributed by atoms with Gasteiger partial charge in [-0.1, -0.05) is 36.4 Å². The Morgan fingerprint density at radius 1 is 1.17 bits per heavy atom. The number of aliphatic carboxylic acids is 1. The van der Waals surface area contributed by atoms with E-state index in [2.05, 4.69) is 26.5 Å². The lowest BCUT2D eigenvalue weighted by Gasteiger charge is -2.12. The SMILES string of the molecule is COc1cc(/C=N\NC(=O)c2cccc3ccccc23)cc(Br)c1OCC(=O)O. The van der Waals surface area contributed by atoms with Crippen molar-refractivity contribution in [2.45, 2.75) is 0 Å². The van der Waals surface area contributed by atoms with Crippen molar-refractivity contribution in [2.75, 3.05) is 13.7 Å². The van der Waals surface area contributed by atoms with Gasteiger partial charge >= 0.3 is 5.97 Å². The summed E-state index contributed by atoms with van der Waals surface area (Å²) in [6.07, 6.45) is 1.46. The molecule has 0 aliphatic carbocycles. The number of carbonyl (C=O) groups is 2. The van der Waals surface area contributed by atoms with Gasteiger partial charge in [-0.2, -0.15) is 5.10 Å². The minimum absolute atomic E-state index is 0.270. The molecule has 0 aliphatic heterocycles. The fraction of sp³-hybridized carbons (Fsp3) is 0.0952. The minimum Gasteiger partial charge on any atom is -0.493 e. The number of carbonyl (C=O) groups excluding carboxylic acids is 1. The van der Waals surface area contributed by atoms with Gasteiger partial charge in [0.15, 0.2) is 18.1 Å². The van der Waals surface area contributed by atoms with Gasteiger partial charge in [-0.15, -0.1) is 0 Å². The first-order chi connectivity index (χ1) is 14.0. The molecule has 3 aromatic carbocycles. The predicted molar refractivity (Wildman–Crippen MR) is 113 cm³/mol. The van der Waals surface area contributed by atoms with Gasteiger partial charge in [-0.25, -0.2) is 10.2 Å². The van der Waals surface area contributed by atoms with E-state index in [1.165, 1.54) is 13.3 Å². The first-order valence-corrected chi connectivity index (χ1v) is 9.32. The molecular formula is C21H17BrN2O5. The topological polar surface area (TPSA) is 97.2 Å². The number of amides is 1. The first kappa shape index (κ1) is 20.3. The molecule has 148 valence electrons. The van der Waals surface area contributed by atoms with Crippen LogP contribution in [-0.4, -0.2) is 36.9 Å². The molecule has 0 saturated carbocycles. The molecule has 0 fully saturated rings. The van der Waals surface area contributed by atoms with Gasteiger partial charge in [0, 0.05) is 5.56 Å². The molecular weight excluding hydrogens is 440 g/mol. The smallest absolute Gasteiger partial charge is 0.341 e. The van der Waals surface area contributed by atoms with Crippen LogP contribution in [-0.2, 0) is 4.79 Å². The number of nitrogens with one attached hydrogen (secondary N) is 1. The second-order valence-electron chi connectivity index (χ2n) is 5.94. The summed E-state index contributed by atoms with van der Waals surface area (Å²) in [7, 11) is 1.44. The maximum absolute atomic E-state index is 12.5. The Bertz CT molecular complexity index is 1090. The molecule has 29 heavy (non-hydrogen) atoms. The van der Waals surface area contributed by atoms with Gasteiger partial charge in [0.05, 0.1) is 17.8 Å². The van der Waals surface area contributed by atoms with E-state index in [1.54, 1.807) is 18.2 Å². The fourth-order valence-electron chi connectivity index (χ4n) is 2.74. The summed E-state index contributed by atoms with van der Waals surface area (Å²) in [4.78, 5) is 23.2. The molecule has 1 amide bonds. The van der Waals surface area contributed by atoms with E-state index in [9.17, 15) is 9.59 Å². The zero-order valence-corrected chi connectivity index (χ0v) is 17.0. The number of hydrazone groups is 1. The molecule has 3 rings (SSSR count). The van der Waals surface area contributed by atoms with E-state index >= 15 is 0 Å². The van der Waals surface area contributed by atoms with Crippen molar-refractivity contribution >= 4 is 44.8 Å². The summed E-state index contributed by atoms with van der Waals surface area (Å²) in [5.74, 6) is -0.819. The van der Waals surface area contributed by atoms with Crippen LogP contribution < -0.4 is 14.9 Å². The number of fused-ring (bicyclic) bond motifs is 1. The van der Waals surface area contributed by atoms with Crippen LogP contribution >= 0.6 is 15.9 Å². The van der Waals surface area contributed by atoms with Gasteiger partial charge in [0.1, 0.15) is 0 Å². The van der Waals surface area contributed by atoms with Crippen molar-refractivity contribution in [1.82, 2.24) is 5.43 Å². The number of carboxylic acids is 1. The van der Waals surface area contributed by atoms with Gasteiger partial charge in [0.2, 0.25) is 0 Å². The Kier molecular flexibility index (Phi) is 6.46. The molecule has 0 radical (unpaired) electrons. The number of rotatable bonds is 7. The van der Waals surface area contributed by atoms with Gasteiger partial charge in [-0.05, 0) is 50.5 Å². The Morgan fingerprint density at radius 3 is 2.69 bits per heavy atom. The molecule has 8 heteroatoms. The van der Waals surface area contributed by atoms with Crippen molar-refractivity contribution < 1.29 is 24.2 Å². The van der Waals surface area contributed by atoms with Crippen molar-refractivity contribution in [2.24, 2.45) is 5.10 Å². The zero-order valence-electron chi connectivity index (χ0n) is 15.4. The average Bonchev–Trinajstić information content (AvgIpc) is 2.71. The second-order valence-corrected chi connectivity index (χ2v) is 6.80. The van der Waals surface area contributed by atoms with Crippen molar-refractivity contribution in [3.63, 3.8) is 0 Å². The maximum atomic E-state index is 12.5. The van der Waals surface area contributed by atoms with E-state index < -0.39 is 12.6 Å². The second kappa shape index (κ2) is 9.20. The molecule has 0 spiro atoms. The van der Waals surface area contributed by atoms with E-state index in [4.69, 9.17) is 14.6 Å². The highest BCUT2D eigenvalue weighted by molar-refractivity contribution is 9.10. The number of hydrogen-bond acceptors (Lipinski definition) is 5. The Labute approximate surface area is 175 Å². The summed E-state index contributed by atoms with van der Waals surface area (Å²) in [5, 5.41) is 14.6. The molecule has 7 nitrogen and oxygen atoms in total. The summed E-state index contributed by atoms with van der Waals surface area (Å²) in [5.41, 5.74) is 3.66. The van der Waals surface area contributed by atoms with E-state index in [1.807, 2.05) is 36.4 Å². The van der Waals surface area contributed by atoms with Gasteiger partial charge < -0.3 is 14.6 Å². The third kappa shape index (κ3) is 4.91. The highest BCUT2D eigenvalue weighted by Gasteiger charge is 2.13. The largest absolute Gasteiger partial charge is 0.493 e. The van der Waals surface area contributed by atoms with Crippen LogP contribution in [0.2, 0.25) is 0 Å². The van der Waals surface area contributed by atoms with Crippen molar-refractivity contribution in [3.05, 3.63) is 70.2 Å². The number of halogens is 1. The molecule has 0 unspecified atom stereocenters. The predicted octanol–water partition coefficient (Wildman–Crippen LogP) is 3.84. The lowest BCUT2D eigenvalue weighted by Crippen LogP contribution is -2.18.